The molecule has 172 valence electrons. The predicted octanol–water partition coefficient (Wildman–Crippen LogP) is 4.16. The molecule has 0 saturated carbocycles. The number of benzene rings is 2. The van der Waals surface area contributed by atoms with E-state index in [0.717, 1.165) is 11.1 Å². The van der Waals surface area contributed by atoms with Crippen molar-refractivity contribution in [3.8, 4) is 11.1 Å². The highest BCUT2D eigenvalue weighted by molar-refractivity contribution is 5.92. The largest absolute Gasteiger partial charge is 0.448 e. The lowest BCUT2D eigenvalue weighted by atomic mass is 9.98. The molecule has 1 aliphatic rings. The molecule has 0 spiro atoms. The number of hydrogen-bond donors (Lipinski definition) is 1. The maximum atomic E-state index is 12.5. The van der Waals surface area contributed by atoms with Crippen LogP contribution in [0.3, 0.4) is 0 Å². The molecule has 4 rings (SSSR count). The van der Waals surface area contributed by atoms with Crippen LogP contribution in [-0.4, -0.2) is 50.4 Å². The van der Waals surface area contributed by atoms with E-state index in [-0.39, 0.29) is 25.0 Å². The quantitative estimate of drug-likeness (QED) is 0.299. The Bertz CT molecular complexity index is 1090. The highest BCUT2D eigenvalue weighted by Gasteiger charge is 2.29. The minimum atomic E-state index is -0.592. The maximum absolute atomic E-state index is 12.5. The molecule has 0 atom stereocenters. The fourth-order valence-corrected chi connectivity index (χ4v) is 3.96. The maximum Gasteiger partial charge on any atom is 0.411 e. The smallest absolute Gasteiger partial charge is 0.411 e. The molecule has 0 fully saturated rings. The summed E-state index contributed by atoms with van der Waals surface area (Å²) in [6.07, 6.45) is 1.02. The van der Waals surface area contributed by atoms with Gasteiger partial charge in [0.05, 0.1) is 18.9 Å². The Balaban J connectivity index is 1.34. The van der Waals surface area contributed by atoms with E-state index in [2.05, 4.69) is 29.6 Å². The normalized spacial score (nSPS) is 12.2. The Morgan fingerprint density at radius 3 is 2.30 bits per heavy atom. The Morgan fingerprint density at radius 2 is 1.64 bits per heavy atom. The molecule has 1 N–H and O–H groups in total. The second kappa shape index (κ2) is 10.3. The highest BCUT2D eigenvalue weighted by Crippen LogP contribution is 2.44. The van der Waals surface area contributed by atoms with Crippen LogP contribution < -0.4 is 5.32 Å². The van der Waals surface area contributed by atoms with Crippen LogP contribution in [0.4, 0.5) is 10.5 Å². The number of carbonyl (C=O) groups is 2. The van der Waals surface area contributed by atoms with Crippen LogP contribution in [0.5, 0.6) is 0 Å². The number of nitrogens with zero attached hydrogens (tertiary/aromatic N) is 1. The fraction of sp³-hybridized carbons (Fsp3) is 0.280. The Kier molecular flexibility index (Phi) is 7.07. The molecule has 8 nitrogen and oxygen atoms in total. The number of esters is 1. The number of rotatable bonds is 9. The van der Waals surface area contributed by atoms with Crippen molar-refractivity contribution in [3.63, 3.8) is 0 Å². The summed E-state index contributed by atoms with van der Waals surface area (Å²) >= 11 is 0. The van der Waals surface area contributed by atoms with E-state index in [1.54, 1.807) is 24.9 Å². The lowest BCUT2D eigenvalue weighted by Crippen LogP contribution is -2.17. The predicted molar refractivity (Wildman–Crippen MR) is 122 cm³/mol. The van der Waals surface area contributed by atoms with Gasteiger partial charge < -0.3 is 23.5 Å². The first-order chi connectivity index (χ1) is 16.1. The monoisotopic (exact) mass is 450 g/mol. The highest BCUT2D eigenvalue weighted by atomic mass is 16.7. The SMILES string of the molecule is COCCOCOC(=O)c1cc(NC(=O)OCC2c3ccccc3-c3ccccc32)cn1C. The Hall–Kier alpha value is -3.62. The zero-order chi connectivity index (χ0) is 23.2. The summed E-state index contributed by atoms with van der Waals surface area (Å²) in [7, 11) is 3.25. The summed E-state index contributed by atoms with van der Waals surface area (Å²) in [5, 5.41) is 2.68. The van der Waals surface area contributed by atoms with Gasteiger partial charge in [-0.15, -0.1) is 0 Å². The van der Waals surface area contributed by atoms with E-state index in [9.17, 15) is 9.59 Å². The van der Waals surface area contributed by atoms with Crippen molar-refractivity contribution in [1.82, 2.24) is 4.57 Å². The van der Waals surface area contributed by atoms with Crippen LogP contribution in [0.1, 0.15) is 27.5 Å². The van der Waals surface area contributed by atoms with E-state index in [1.165, 1.54) is 17.2 Å². The number of methoxy groups -OCH3 is 1. The summed E-state index contributed by atoms with van der Waals surface area (Å²) in [6, 6.07) is 17.8. The number of nitrogens with one attached hydrogen (secondary N) is 1. The van der Waals surface area contributed by atoms with Gasteiger partial charge >= 0.3 is 12.1 Å². The molecule has 33 heavy (non-hydrogen) atoms. The van der Waals surface area contributed by atoms with Crippen molar-refractivity contribution in [2.75, 3.05) is 39.0 Å². The molecule has 0 aliphatic heterocycles. The van der Waals surface area contributed by atoms with Gasteiger partial charge in [-0.2, -0.15) is 0 Å². The lowest BCUT2D eigenvalue weighted by molar-refractivity contribution is -0.0441. The van der Waals surface area contributed by atoms with E-state index >= 15 is 0 Å². The molecule has 1 aliphatic carbocycles. The fourth-order valence-electron chi connectivity index (χ4n) is 3.96. The van der Waals surface area contributed by atoms with Crippen molar-refractivity contribution in [1.29, 1.82) is 0 Å². The number of fused-ring (bicyclic) bond motifs is 3. The second-order valence-electron chi connectivity index (χ2n) is 7.63. The minimum absolute atomic E-state index is 0.0254. The summed E-state index contributed by atoms with van der Waals surface area (Å²) in [5.74, 6) is -0.585. The number of aromatic nitrogens is 1. The van der Waals surface area contributed by atoms with Crippen LogP contribution >= 0.6 is 0 Å². The van der Waals surface area contributed by atoms with Gasteiger partial charge in [0.2, 0.25) is 0 Å². The van der Waals surface area contributed by atoms with E-state index in [0.29, 0.717) is 18.9 Å². The molecule has 2 aromatic carbocycles. The van der Waals surface area contributed by atoms with Gasteiger partial charge in [-0.1, -0.05) is 48.5 Å². The first-order valence-corrected chi connectivity index (χ1v) is 10.6. The van der Waals surface area contributed by atoms with Crippen molar-refractivity contribution in [3.05, 3.63) is 77.6 Å². The van der Waals surface area contributed by atoms with E-state index in [1.807, 2.05) is 24.3 Å². The molecule has 0 saturated heterocycles. The molecule has 1 heterocycles. The molecule has 1 amide bonds. The topological polar surface area (TPSA) is 88.0 Å². The summed E-state index contributed by atoms with van der Waals surface area (Å²) in [5.41, 5.74) is 5.33. The molecular formula is C25H26N2O6. The third-order valence-electron chi connectivity index (χ3n) is 5.51. The summed E-state index contributed by atoms with van der Waals surface area (Å²) < 4.78 is 22.2. The van der Waals surface area contributed by atoms with Crippen molar-refractivity contribution in [2.45, 2.75) is 5.92 Å². The second-order valence-corrected chi connectivity index (χ2v) is 7.63. The molecule has 3 aromatic rings. The molecule has 8 heteroatoms. The molecule has 1 aromatic heterocycles. The number of amides is 1. The third kappa shape index (κ3) is 5.08. The average molecular weight is 450 g/mol. The van der Waals surface area contributed by atoms with E-state index in [4.69, 9.17) is 18.9 Å². The van der Waals surface area contributed by atoms with Crippen LogP contribution in [0, 0.1) is 0 Å². The van der Waals surface area contributed by atoms with Crippen molar-refractivity contribution >= 4 is 17.7 Å². The van der Waals surface area contributed by atoms with Crippen LogP contribution in [-0.2, 0) is 26.0 Å². The third-order valence-corrected chi connectivity index (χ3v) is 5.51. The Morgan fingerprint density at radius 1 is 0.970 bits per heavy atom. The Labute approximate surface area is 192 Å². The van der Waals surface area contributed by atoms with Crippen LogP contribution in [0.2, 0.25) is 0 Å². The number of ether oxygens (including phenoxy) is 4. The van der Waals surface area contributed by atoms with Gasteiger partial charge in [0, 0.05) is 26.3 Å². The zero-order valence-electron chi connectivity index (χ0n) is 18.6. The van der Waals surface area contributed by atoms with Gasteiger partial charge in [0.25, 0.3) is 0 Å². The summed E-state index contributed by atoms with van der Waals surface area (Å²) in [6.45, 7) is 0.768. The molecular weight excluding hydrogens is 424 g/mol. The first-order valence-electron chi connectivity index (χ1n) is 10.6. The standard InChI is InChI=1S/C25H26N2O6/c1-27-14-17(13-23(27)24(28)33-16-31-12-11-30-2)26-25(29)32-15-22-20-9-5-3-7-18(20)19-8-4-6-10-21(19)22/h3-10,13-14,22H,11-12,15-16H2,1-2H3,(H,26,29). The number of anilines is 1. The van der Waals surface area contributed by atoms with Crippen molar-refractivity contribution in [2.24, 2.45) is 7.05 Å². The first kappa shape index (κ1) is 22.6. The van der Waals surface area contributed by atoms with Crippen molar-refractivity contribution < 1.29 is 28.5 Å². The number of aryl methyl sites for hydroxylation is 1. The lowest BCUT2D eigenvalue weighted by Gasteiger charge is -2.14. The average Bonchev–Trinajstić information content (AvgIpc) is 3.35. The zero-order valence-corrected chi connectivity index (χ0v) is 18.6. The van der Waals surface area contributed by atoms with Crippen LogP contribution in [0.25, 0.3) is 11.1 Å². The molecule has 0 bridgehead atoms. The van der Waals surface area contributed by atoms with Gasteiger partial charge in [-0.05, 0) is 28.3 Å². The number of hydrogen-bond acceptors (Lipinski definition) is 6. The minimum Gasteiger partial charge on any atom is -0.448 e. The van der Waals surface area contributed by atoms with Gasteiger partial charge in [-0.3, -0.25) is 5.32 Å². The number of carbonyl (C=O) groups excluding carboxylic acids is 2. The summed E-state index contributed by atoms with van der Waals surface area (Å²) in [4.78, 5) is 24.7. The molecule has 0 radical (unpaired) electrons. The van der Waals surface area contributed by atoms with Gasteiger partial charge in [-0.25, -0.2) is 9.59 Å². The molecule has 0 unspecified atom stereocenters. The van der Waals surface area contributed by atoms with Gasteiger partial charge in [0.1, 0.15) is 12.3 Å². The van der Waals surface area contributed by atoms with E-state index < -0.39 is 12.1 Å². The van der Waals surface area contributed by atoms with Crippen LogP contribution in [0.15, 0.2) is 60.8 Å². The van der Waals surface area contributed by atoms with Gasteiger partial charge in [0.15, 0.2) is 6.79 Å².